The Morgan fingerprint density at radius 2 is 2.15 bits per heavy atom. The van der Waals surface area contributed by atoms with Crippen LogP contribution < -0.4 is 10.1 Å². The summed E-state index contributed by atoms with van der Waals surface area (Å²) in [5.41, 5.74) is 4.64. The molecule has 0 amide bonds. The van der Waals surface area contributed by atoms with E-state index in [2.05, 4.69) is 50.5 Å². The Balaban J connectivity index is 2.05. The molecule has 0 aliphatic rings. The van der Waals surface area contributed by atoms with E-state index in [0.29, 0.717) is 0 Å². The first kappa shape index (κ1) is 15.1. The fourth-order valence-electron chi connectivity index (χ4n) is 2.16. The number of hydrogen-bond acceptors (Lipinski definition) is 3. The summed E-state index contributed by atoms with van der Waals surface area (Å²) >= 11 is 3.52. The molecule has 1 unspecified atom stereocenters. The number of aryl methyl sites for hydroxylation is 2. The second-order valence-electron chi connectivity index (χ2n) is 4.91. The lowest BCUT2D eigenvalue weighted by Gasteiger charge is -2.15. The third-order valence-electron chi connectivity index (χ3n) is 3.54. The van der Waals surface area contributed by atoms with Crippen LogP contribution in [-0.4, -0.2) is 17.3 Å². The largest absolute Gasteiger partial charge is 0.496 e. The van der Waals surface area contributed by atoms with Gasteiger partial charge in [0, 0.05) is 23.8 Å². The minimum absolute atomic E-state index is 0.255. The maximum atomic E-state index is 5.25. The SMILES string of the molecule is COc1ccc(C(C)NCc2c(C)n[nH]c2C)cc1Br. The molecule has 0 saturated carbocycles. The summed E-state index contributed by atoms with van der Waals surface area (Å²) in [6.07, 6.45) is 0. The van der Waals surface area contributed by atoms with Gasteiger partial charge >= 0.3 is 0 Å². The van der Waals surface area contributed by atoms with Crippen LogP contribution in [0, 0.1) is 13.8 Å². The van der Waals surface area contributed by atoms with Gasteiger partial charge in [-0.3, -0.25) is 5.10 Å². The van der Waals surface area contributed by atoms with Gasteiger partial charge in [0.05, 0.1) is 17.3 Å². The number of ether oxygens (including phenoxy) is 1. The highest BCUT2D eigenvalue weighted by Gasteiger charge is 2.11. The van der Waals surface area contributed by atoms with Gasteiger partial charge in [-0.15, -0.1) is 0 Å². The van der Waals surface area contributed by atoms with E-state index in [1.165, 1.54) is 11.1 Å². The topological polar surface area (TPSA) is 49.9 Å². The predicted molar refractivity (Wildman–Crippen MR) is 84.0 cm³/mol. The zero-order valence-corrected chi connectivity index (χ0v) is 13.8. The number of rotatable bonds is 5. The highest BCUT2D eigenvalue weighted by molar-refractivity contribution is 9.10. The summed E-state index contributed by atoms with van der Waals surface area (Å²) in [6.45, 7) is 7.03. The van der Waals surface area contributed by atoms with Gasteiger partial charge in [0.25, 0.3) is 0 Å². The van der Waals surface area contributed by atoms with Crippen LogP contribution in [0.15, 0.2) is 22.7 Å². The number of halogens is 1. The molecular weight excluding hydrogens is 318 g/mol. The van der Waals surface area contributed by atoms with E-state index < -0.39 is 0 Å². The molecule has 0 aliphatic carbocycles. The highest BCUT2D eigenvalue weighted by Crippen LogP contribution is 2.28. The van der Waals surface area contributed by atoms with Crippen molar-refractivity contribution < 1.29 is 4.74 Å². The molecule has 0 bridgehead atoms. The minimum atomic E-state index is 0.255. The number of aromatic amines is 1. The van der Waals surface area contributed by atoms with Crippen molar-refractivity contribution in [1.82, 2.24) is 15.5 Å². The number of hydrogen-bond donors (Lipinski definition) is 2. The fourth-order valence-corrected chi connectivity index (χ4v) is 2.72. The van der Waals surface area contributed by atoms with Crippen LogP contribution in [-0.2, 0) is 6.54 Å². The lowest BCUT2D eigenvalue weighted by Crippen LogP contribution is -2.18. The Bertz CT molecular complexity index is 575. The highest BCUT2D eigenvalue weighted by atomic mass is 79.9. The van der Waals surface area contributed by atoms with Crippen LogP contribution >= 0.6 is 15.9 Å². The average Bonchev–Trinajstić information content (AvgIpc) is 2.75. The molecule has 2 N–H and O–H groups in total. The number of aromatic nitrogens is 2. The minimum Gasteiger partial charge on any atom is -0.496 e. The Hall–Kier alpha value is -1.33. The molecule has 0 radical (unpaired) electrons. The van der Waals surface area contributed by atoms with Gasteiger partial charge in [0.1, 0.15) is 5.75 Å². The van der Waals surface area contributed by atoms with E-state index >= 15 is 0 Å². The monoisotopic (exact) mass is 337 g/mol. The first-order valence-corrected chi connectivity index (χ1v) is 7.39. The molecule has 0 saturated heterocycles. The molecule has 0 spiro atoms. The van der Waals surface area contributed by atoms with Gasteiger partial charge in [0.15, 0.2) is 0 Å². The van der Waals surface area contributed by atoms with Crippen molar-refractivity contribution in [1.29, 1.82) is 0 Å². The van der Waals surface area contributed by atoms with E-state index in [1.807, 2.05) is 19.9 Å². The quantitative estimate of drug-likeness (QED) is 0.875. The number of nitrogens with one attached hydrogen (secondary N) is 2. The molecule has 2 aromatic rings. The normalized spacial score (nSPS) is 12.4. The molecule has 1 atom stereocenters. The van der Waals surface area contributed by atoms with E-state index in [0.717, 1.165) is 28.2 Å². The van der Waals surface area contributed by atoms with Crippen LogP contribution in [0.5, 0.6) is 5.75 Å². The van der Waals surface area contributed by atoms with Crippen molar-refractivity contribution in [2.24, 2.45) is 0 Å². The van der Waals surface area contributed by atoms with Crippen LogP contribution in [0.25, 0.3) is 0 Å². The van der Waals surface area contributed by atoms with Crippen molar-refractivity contribution >= 4 is 15.9 Å². The molecule has 0 aliphatic heterocycles. The van der Waals surface area contributed by atoms with E-state index in [-0.39, 0.29) is 6.04 Å². The Kier molecular flexibility index (Phi) is 4.83. The lowest BCUT2D eigenvalue weighted by atomic mass is 10.1. The Labute approximate surface area is 128 Å². The molecule has 1 heterocycles. The van der Waals surface area contributed by atoms with Crippen molar-refractivity contribution in [3.63, 3.8) is 0 Å². The number of nitrogens with zero attached hydrogens (tertiary/aromatic N) is 1. The molecule has 2 rings (SSSR count). The molecule has 4 nitrogen and oxygen atoms in total. The zero-order valence-electron chi connectivity index (χ0n) is 12.2. The summed E-state index contributed by atoms with van der Waals surface area (Å²) in [6, 6.07) is 6.40. The maximum Gasteiger partial charge on any atom is 0.133 e. The van der Waals surface area contributed by atoms with E-state index in [9.17, 15) is 0 Å². The standard InChI is InChI=1S/C15H20BrN3O/c1-9(12-5-6-15(20-4)14(16)7-12)17-8-13-10(2)18-19-11(13)3/h5-7,9,17H,8H2,1-4H3,(H,18,19). The van der Waals surface area contributed by atoms with Gasteiger partial charge in [-0.25, -0.2) is 0 Å². The summed E-state index contributed by atoms with van der Waals surface area (Å²) in [4.78, 5) is 0. The van der Waals surface area contributed by atoms with Gasteiger partial charge in [-0.05, 0) is 54.4 Å². The number of benzene rings is 1. The van der Waals surface area contributed by atoms with Crippen molar-refractivity contribution in [3.05, 3.63) is 45.2 Å². The van der Waals surface area contributed by atoms with Gasteiger partial charge in [-0.2, -0.15) is 5.10 Å². The first-order valence-electron chi connectivity index (χ1n) is 6.60. The fraction of sp³-hybridized carbons (Fsp3) is 0.400. The Morgan fingerprint density at radius 3 is 2.70 bits per heavy atom. The second-order valence-corrected chi connectivity index (χ2v) is 5.76. The molecule has 108 valence electrons. The Morgan fingerprint density at radius 1 is 1.40 bits per heavy atom. The molecule has 0 fully saturated rings. The third kappa shape index (κ3) is 3.22. The van der Waals surface area contributed by atoms with E-state index in [4.69, 9.17) is 4.74 Å². The van der Waals surface area contributed by atoms with Crippen molar-refractivity contribution in [2.75, 3.05) is 7.11 Å². The van der Waals surface area contributed by atoms with Crippen LogP contribution in [0.1, 0.15) is 35.5 Å². The number of H-pyrrole nitrogens is 1. The van der Waals surface area contributed by atoms with Crippen LogP contribution in [0.2, 0.25) is 0 Å². The summed E-state index contributed by atoms with van der Waals surface area (Å²) in [5, 5.41) is 10.8. The van der Waals surface area contributed by atoms with Gasteiger partial charge in [0.2, 0.25) is 0 Å². The average molecular weight is 338 g/mol. The predicted octanol–water partition coefficient (Wildman–Crippen LogP) is 3.65. The molecule has 1 aromatic carbocycles. The summed E-state index contributed by atoms with van der Waals surface area (Å²) < 4.78 is 6.22. The number of methoxy groups -OCH3 is 1. The smallest absolute Gasteiger partial charge is 0.133 e. The third-order valence-corrected chi connectivity index (χ3v) is 4.16. The maximum absolute atomic E-state index is 5.25. The van der Waals surface area contributed by atoms with Crippen LogP contribution in [0.3, 0.4) is 0 Å². The molecule has 20 heavy (non-hydrogen) atoms. The molecule has 5 heteroatoms. The van der Waals surface area contributed by atoms with Crippen molar-refractivity contribution in [2.45, 2.75) is 33.4 Å². The summed E-state index contributed by atoms with van der Waals surface area (Å²) in [7, 11) is 1.67. The lowest BCUT2D eigenvalue weighted by molar-refractivity contribution is 0.411. The first-order chi connectivity index (χ1) is 9.52. The van der Waals surface area contributed by atoms with Crippen molar-refractivity contribution in [3.8, 4) is 5.75 Å². The molecule has 1 aromatic heterocycles. The van der Waals surface area contributed by atoms with E-state index in [1.54, 1.807) is 7.11 Å². The zero-order chi connectivity index (χ0) is 14.7. The molecular formula is C15H20BrN3O. The van der Waals surface area contributed by atoms with Gasteiger partial charge < -0.3 is 10.1 Å². The summed E-state index contributed by atoms with van der Waals surface area (Å²) in [5.74, 6) is 0.850. The van der Waals surface area contributed by atoms with Gasteiger partial charge in [-0.1, -0.05) is 6.07 Å². The van der Waals surface area contributed by atoms with Crippen LogP contribution in [0.4, 0.5) is 0 Å². The second kappa shape index (κ2) is 6.41.